The average Bonchev–Trinajstić information content (AvgIpc) is 2.98. The molecule has 2 aromatic rings. The van der Waals surface area contributed by atoms with Crippen molar-refractivity contribution in [3.63, 3.8) is 0 Å². The maximum atomic E-state index is 12.9. The summed E-state index contributed by atoms with van der Waals surface area (Å²) >= 11 is 1.27. The van der Waals surface area contributed by atoms with Gasteiger partial charge < -0.3 is 4.74 Å². The summed E-state index contributed by atoms with van der Waals surface area (Å²) in [5.41, 5.74) is 2.96. The molecule has 22 heavy (non-hydrogen) atoms. The predicted molar refractivity (Wildman–Crippen MR) is 86.2 cm³/mol. The van der Waals surface area contributed by atoms with Crippen molar-refractivity contribution >= 4 is 28.9 Å². The molecule has 6 heteroatoms. The summed E-state index contributed by atoms with van der Waals surface area (Å²) in [5.74, 6) is -0.662. The van der Waals surface area contributed by atoms with E-state index in [0.29, 0.717) is 22.7 Å². The van der Waals surface area contributed by atoms with E-state index in [1.54, 1.807) is 24.6 Å². The number of carbonyl (C=O) groups is 2. The molecule has 2 rings (SSSR count). The van der Waals surface area contributed by atoms with Crippen LogP contribution in [0.4, 0.5) is 5.69 Å². The number of aromatic nitrogens is 1. The highest BCUT2D eigenvalue weighted by molar-refractivity contribution is 7.12. The molecule has 0 saturated carbocycles. The Balaban J connectivity index is 2.48. The number of hydrogen-bond donors (Lipinski definition) is 0. The first kappa shape index (κ1) is 16.2. The van der Waals surface area contributed by atoms with Gasteiger partial charge in [0.25, 0.3) is 5.91 Å². The number of esters is 1. The zero-order valence-corrected chi connectivity index (χ0v) is 13.6. The molecule has 0 bridgehead atoms. The Morgan fingerprint density at radius 3 is 2.50 bits per heavy atom. The number of methoxy groups -OCH3 is 1. The first-order valence-corrected chi connectivity index (χ1v) is 7.84. The molecule has 0 radical (unpaired) electrons. The summed E-state index contributed by atoms with van der Waals surface area (Å²) in [6.45, 7) is 3.64. The summed E-state index contributed by atoms with van der Waals surface area (Å²) in [6.07, 6.45) is 0.463. The number of ether oxygens (including phenoxy) is 1. The number of rotatable bonds is 5. The van der Waals surface area contributed by atoms with Crippen LogP contribution in [0, 0.1) is 6.92 Å². The third-order valence-corrected chi connectivity index (χ3v) is 4.28. The van der Waals surface area contributed by atoms with Crippen LogP contribution >= 0.6 is 11.3 Å². The molecular formula is C16H18N2O3S. The van der Waals surface area contributed by atoms with Gasteiger partial charge in [-0.3, -0.25) is 9.69 Å². The van der Waals surface area contributed by atoms with Gasteiger partial charge in [0.1, 0.15) is 10.9 Å². The van der Waals surface area contributed by atoms with E-state index < -0.39 is 12.0 Å². The quantitative estimate of drug-likeness (QED) is 0.795. The number of hydrogen-bond acceptors (Lipinski definition) is 5. The topological polar surface area (TPSA) is 59.5 Å². The standard InChI is InChI=1S/C16H18N2O3S/c1-4-13(16(20)21-3)18(12-8-6-5-7-9-12)15(19)14-11(2)17-10-22-14/h5-10,13H,4H2,1-3H3. The largest absolute Gasteiger partial charge is 0.467 e. The number of amides is 1. The predicted octanol–water partition coefficient (Wildman–Crippen LogP) is 3.05. The number of carbonyl (C=O) groups excluding carboxylic acids is 2. The second-order valence-electron chi connectivity index (χ2n) is 4.72. The summed E-state index contributed by atoms with van der Waals surface area (Å²) in [5, 5.41) is 0. The second-order valence-corrected chi connectivity index (χ2v) is 5.58. The Morgan fingerprint density at radius 2 is 2.00 bits per heavy atom. The van der Waals surface area contributed by atoms with Gasteiger partial charge in [-0.25, -0.2) is 9.78 Å². The van der Waals surface area contributed by atoms with Gasteiger partial charge in [0.2, 0.25) is 0 Å². The van der Waals surface area contributed by atoms with Crippen LogP contribution in [0.2, 0.25) is 0 Å². The van der Waals surface area contributed by atoms with Crippen molar-refractivity contribution in [2.24, 2.45) is 0 Å². The van der Waals surface area contributed by atoms with E-state index in [4.69, 9.17) is 4.74 Å². The summed E-state index contributed by atoms with van der Waals surface area (Å²) in [7, 11) is 1.33. The highest BCUT2D eigenvalue weighted by Gasteiger charge is 2.32. The van der Waals surface area contributed by atoms with Gasteiger partial charge in [-0.15, -0.1) is 11.3 Å². The molecule has 0 N–H and O–H groups in total. The van der Waals surface area contributed by atoms with Crippen molar-refractivity contribution in [1.82, 2.24) is 4.98 Å². The summed E-state index contributed by atoms with van der Waals surface area (Å²) in [4.78, 5) is 31.2. The number of aryl methyl sites for hydroxylation is 1. The molecule has 1 aromatic carbocycles. The van der Waals surface area contributed by atoms with Crippen LogP contribution in [0.1, 0.15) is 28.7 Å². The third-order valence-electron chi connectivity index (χ3n) is 3.36. The molecule has 1 heterocycles. The fourth-order valence-electron chi connectivity index (χ4n) is 2.23. The Labute approximate surface area is 133 Å². The Hall–Kier alpha value is -2.21. The van der Waals surface area contributed by atoms with Crippen LogP contribution in [0.5, 0.6) is 0 Å². The average molecular weight is 318 g/mol. The minimum absolute atomic E-state index is 0.233. The van der Waals surface area contributed by atoms with Gasteiger partial charge in [0.15, 0.2) is 0 Å². The maximum absolute atomic E-state index is 12.9. The van der Waals surface area contributed by atoms with Gasteiger partial charge in [0, 0.05) is 5.69 Å². The van der Waals surface area contributed by atoms with E-state index in [1.807, 2.05) is 25.1 Å². The molecule has 116 valence electrons. The minimum atomic E-state index is -0.665. The first-order valence-electron chi connectivity index (χ1n) is 6.96. The number of anilines is 1. The van der Waals surface area contributed by atoms with E-state index in [1.165, 1.54) is 23.3 Å². The molecule has 1 amide bonds. The lowest BCUT2D eigenvalue weighted by atomic mass is 10.1. The van der Waals surface area contributed by atoms with Crippen molar-refractivity contribution in [3.8, 4) is 0 Å². The van der Waals surface area contributed by atoms with E-state index in [0.717, 1.165) is 0 Å². The lowest BCUT2D eigenvalue weighted by molar-refractivity contribution is -0.142. The van der Waals surface area contributed by atoms with Crippen LogP contribution in [-0.2, 0) is 9.53 Å². The molecule has 0 fully saturated rings. The lowest BCUT2D eigenvalue weighted by Crippen LogP contribution is -2.45. The Bertz CT molecular complexity index is 654. The van der Waals surface area contributed by atoms with Crippen molar-refractivity contribution in [2.45, 2.75) is 26.3 Å². The molecule has 0 spiro atoms. The number of thiazole rings is 1. The third kappa shape index (κ3) is 3.17. The van der Waals surface area contributed by atoms with Crippen LogP contribution < -0.4 is 4.90 Å². The smallest absolute Gasteiger partial charge is 0.328 e. The molecule has 0 aliphatic carbocycles. The van der Waals surface area contributed by atoms with Gasteiger partial charge in [-0.2, -0.15) is 0 Å². The highest BCUT2D eigenvalue weighted by Crippen LogP contribution is 2.25. The molecule has 1 aromatic heterocycles. The molecule has 1 unspecified atom stereocenters. The van der Waals surface area contributed by atoms with Crippen LogP contribution in [0.25, 0.3) is 0 Å². The number of para-hydroxylation sites is 1. The zero-order valence-electron chi connectivity index (χ0n) is 12.8. The van der Waals surface area contributed by atoms with Crippen LogP contribution in [0.15, 0.2) is 35.8 Å². The van der Waals surface area contributed by atoms with E-state index in [2.05, 4.69) is 4.98 Å². The molecular weight excluding hydrogens is 300 g/mol. The summed E-state index contributed by atoms with van der Waals surface area (Å²) in [6, 6.07) is 8.47. The normalized spacial score (nSPS) is 11.8. The highest BCUT2D eigenvalue weighted by atomic mass is 32.1. The molecule has 0 aliphatic heterocycles. The van der Waals surface area contributed by atoms with Crippen molar-refractivity contribution in [3.05, 3.63) is 46.4 Å². The zero-order chi connectivity index (χ0) is 16.1. The fraction of sp³-hybridized carbons (Fsp3) is 0.312. The summed E-state index contributed by atoms with van der Waals surface area (Å²) < 4.78 is 4.86. The van der Waals surface area contributed by atoms with Crippen molar-refractivity contribution in [1.29, 1.82) is 0 Å². The minimum Gasteiger partial charge on any atom is -0.467 e. The van der Waals surface area contributed by atoms with Crippen LogP contribution in [-0.4, -0.2) is 30.0 Å². The van der Waals surface area contributed by atoms with Crippen molar-refractivity contribution < 1.29 is 14.3 Å². The SMILES string of the molecule is CCC(C(=O)OC)N(C(=O)c1scnc1C)c1ccccc1. The Kier molecular flexibility index (Phi) is 5.27. The molecule has 0 saturated heterocycles. The second kappa shape index (κ2) is 7.17. The van der Waals surface area contributed by atoms with Gasteiger partial charge in [-0.1, -0.05) is 25.1 Å². The van der Waals surface area contributed by atoms with E-state index in [-0.39, 0.29) is 5.91 Å². The van der Waals surface area contributed by atoms with E-state index in [9.17, 15) is 9.59 Å². The van der Waals surface area contributed by atoms with Crippen LogP contribution in [0.3, 0.4) is 0 Å². The Morgan fingerprint density at radius 1 is 1.32 bits per heavy atom. The maximum Gasteiger partial charge on any atom is 0.328 e. The van der Waals surface area contributed by atoms with E-state index >= 15 is 0 Å². The monoisotopic (exact) mass is 318 g/mol. The fourth-order valence-corrected chi connectivity index (χ4v) is 2.97. The first-order chi connectivity index (χ1) is 10.6. The van der Waals surface area contributed by atoms with Gasteiger partial charge in [-0.05, 0) is 25.5 Å². The molecule has 0 aliphatic rings. The number of benzene rings is 1. The van der Waals surface area contributed by atoms with Gasteiger partial charge in [0.05, 0.1) is 18.3 Å². The lowest BCUT2D eigenvalue weighted by Gasteiger charge is -2.29. The van der Waals surface area contributed by atoms with Crippen molar-refractivity contribution in [2.75, 3.05) is 12.0 Å². The molecule has 1 atom stereocenters. The molecule has 5 nitrogen and oxygen atoms in total. The number of nitrogens with zero attached hydrogens (tertiary/aromatic N) is 2. The van der Waals surface area contributed by atoms with Gasteiger partial charge >= 0.3 is 5.97 Å².